The molecule has 2 heteroatoms. The van der Waals surface area contributed by atoms with E-state index in [4.69, 9.17) is 0 Å². The van der Waals surface area contributed by atoms with Crippen molar-refractivity contribution in [1.82, 2.24) is 0 Å². The minimum absolute atomic E-state index is 0.0903. The first-order valence-corrected chi connectivity index (χ1v) is 5.59. The average Bonchev–Trinajstić information content (AvgIpc) is 1.97. The van der Waals surface area contributed by atoms with Crippen molar-refractivity contribution >= 4 is 11.8 Å². The number of thioether (sulfide) groups is 1. The smallest absolute Gasteiger partial charge is 0.0563 e. The van der Waals surface area contributed by atoms with Crippen LogP contribution in [0.3, 0.4) is 0 Å². The normalized spacial score (nSPS) is 13.9. The Kier molecular flexibility index (Phi) is 7.18. The maximum absolute atomic E-state index is 9.42. The second-order valence-electron chi connectivity index (χ2n) is 3.15. The van der Waals surface area contributed by atoms with E-state index in [-0.39, 0.29) is 6.10 Å². The van der Waals surface area contributed by atoms with Gasteiger partial charge in [-0.2, -0.15) is 11.8 Å². The third kappa shape index (κ3) is 6.70. The highest BCUT2D eigenvalue weighted by molar-refractivity contribution is 7.99. The van der Waals surface area contributed by atoms with Gasteiger partial charge in [-0.05, 0) is 30.3 Å². The van der Waals surface area contributed by atoms with Crippen LogP contribution in [0.4, 0.5) is 0 Å². The predicted molar refractivity (Wildman–Crippen MR) is 53.1 cm³/mol. The predicted octanol–water partition coefficient (Wildman–Crippen LogP) is 2.54. The average molecular weight is 176 g/mol. The highest BCUT2D eigenvalue weighted by atomic mass is 32.2. The van der Waals surface area contributed by atoms with Crippen LogP contribution in [0.5, 0.6) is 0 Å². The number of hydrogen-bond acceptors (Lipinski definition) is 2. The van der Waals surface area contributed by atoms with Crippen molar-refractivity contribution in [2.24, 2.45) is 5.92 Å². The maximum atomic E-state index is 9.42. The first-order chi connectivity index (χ1) is 5.18. The van der Waals surface area contributed by atoms with E-state index in [0.717, 1.165) is 12.8 Å². The lowest BCUT2D eigenvalue weighted by atomic mass is 10.0. The minimum Gasteiger partial charge on any atom is -0.393 e. The fourth-order valence-electron chi connectivity index (χ4n) is 0.872. The van der Waals surface area contributed by atoms with Gasteiger partial charge in [-0.25, -0.2) is 0 Å². The van der Waals surface area contributed by atoms with E-state index in [1.807, 2.05) is 11.8 Å². The fraction of sp³-hybridized carbons (Fsp3) is 1.00. The topological polar surface area (TPSA) is 20.2 Å². The van der Waals surface area contributed by atoms with Crippen LogP contribution in [0.15, 0.2) is 0 Å². The quantitative estimate of drug-likeness (QED) is 0.628. The molecule has 1 atom stereocenters. The van der Waals surface area contributed by atoms with Gasteiger partial charge in [-0.3, -0.25) is 0 Å². The molecule has 68 valence electrons. The highest BCUT2D eigenvalue weighted by Crippen LogP contribution is 2.10. The molecule has 0 fully saturated rings. The van der Waals surface area contributed by atoms with Crippen molar-refractivity contribution in [3.05, 3.63) is 0 Å². The van der Waals surface area contributed by atoms with Crippen molar-refractivity contribution in [2.75, 3.05) is 11.5 Å². The summed E-state index contributed by atoms with van der Waals surface area (Å²) in [5.74, 6) is 2.81. The first kappa shape index (κ1) is 11.3. The van der Waals surface area contributed by atoms with Crippen molar-refractivity contribution in [3.63, 3.8) is 0 Å². The van der Waals surface area contributed by atoms with Crippen LogP contribution in [-0.4, -0.2) is 22.7 Å². The maximum Gasteiger partial charge on any atom is 0.0563 e. The van der Waals surface area contributed by atoms with Crippen LogP contribution in [0.25, 0.3) is 0 Å². The number of aliphatic hydroxyl groups is 1. The SMILES string of the molecule is CCSCCCC(O)C(C)C. The van der Waals surface area contributed by atoms with Crippen LogP contribution in [-0.2, 0) is 0 Å². The second kappa shape index (κ2) is 6.99. The highest BCUT2D eigenvalue weighted by Gasteiger charge is 2.07. The van der Waals surface area contributed by atoms with Gasteiger partial charge in [0.2, 0.25) is 0 Å². The van der Waals surface area contributed by atoms with Crippen LogP contribution >= 0.6 is 11.8 Å². The summed E-state index contributed by atoms with van der Waals surface area (Å²) in [5, 5.41) is 9.42. The van der Waals surface area contributed by atoms with Crippen molar-refractivity contribution in [3.8, 4) is 0 Å². The zero-order chi connectivity index (χ0) is 8.69. The lowest BCUT2D eigenvalue weighted by molar-refractivity contribution is 0.116. The molecule has 1 nitrogen and oxygen atoms in total. The summed E-state index contributed by atoms with van der Waals surface area (Å²) in [6.07, 6.45) is 2.02. The molecule has 0 amide bonds. The third-order valence-electron chi connectivity index (χ3n) is 1.76. The Morgan fingerprint density at radius 2 is 2.00 bits per heavy atom. The van der Waals surface area contributed by atoms with E-state index in [1.54, 1.807) is 0 Å². The molecule has 0 bridgehead atoms. The summed E-state index contributed by atoms with van der Waals surface area (Å²) in [6.45, 7) is 6.30. The molecule has 0 aliphatic rings. The van der Waals surface area contributed by atoms with Gasteiger partial charge in [-0.1, -0.05) is 20.8 Å². The zero-order valence-corrected chi connectivity index (χ0v) is 8.66. The van der Waals surface area contributed by atoms with E-state index in [2.05, 4.69) is 20.8 Å². The standard InChI is InChI=1S/C9H20OS/c1-4-11-7-5-6-9(10)8(2)3/h8-10H,4-7H2,1-3H3. The molecule has 0 spiro atoms. The molecule has 0 rings (SSSR count). The van der Waals surface area contributed by atoms with Crippen molar-refractivity contribution in [2.45, 2.75) is 39.7 Å². The van der Waals surface area contributed by atoms with Crippen molar-refractivity contribution < 1.29 is 5.11 Å². The Bertz CT molecular complexity index is 83.6. The van der Waals surface area contributed by atoms with Gasteiger partial charge in [-0.15, -0.1) is 0 Å². The molecule has 0 aromatic rings. The van der Waals surface area contributed by atoms with Gasteiger partial charge in [0.15, 0.2) is 0 Å². The fourth-order valence-corrected chi connectivity index (χ4v) is 1.53. The molecule has 0 aliphatic carbocycles. The van der Waals surface area contributed by atoms with Crippen LogP contribution in [0.1, 0.15) is 33.6 Å². The Morgan fingerprint density at radius 3 is 2.45 bits per heavy atom. The molecule has 0 saturated carbocycles. The van der Waals surface area contributed by atoms with Gasteiger partial charge in [0.1, 0.15) is 0 Å². The Hall–Kier alpha value is 0.310. The van der Waals surface area contributed by atoms with Crippen LogP contribution in [0.2, 0.25) is 0 Å². The lowest BCUT2D eigenvalue weighted by Crippen LogP contribution is -2.14. The molecular weight excluding hydrogens is 156 g/mol. The molecule has 1 N–H and O–H groups in total. The van der Waals surface area contributed by atoms with E-state index in [1.165, 1.54) is 11.5 Å². The van der Waals surface area contributed by atoms with Crippen LogP contribution in [0, 0.1) is 5.92 Å². The molecule has 1 unspecified atom stereocenters. The van der Waals surface area contributed by atoms with E-state index >= 15 is 0 Å². The number of hydrogen-bond donors (Lipinski definition) is 1. The van der Waals surface area contributed by atoms with Crippen LogP contribution < -0.4 is 0 Å². The van der Waals surface area contributed by atoms with E-state index in [9.17, 15) is 5.11 Å². The Morgan fingerprint density at radius 1 is 1.36 bits per heavy atom. The number of aliphatic hydroxyl groups excluding tert-OH is 1. The summed E-state index contributed by atoms with van der Waals surface area (Å²) in [6, 6.07) is 0. The molecule has 11 heavy (non-hydrogen) atoms. The van der Waals surface area contributed by atoms with Crippen molar-refractivity contribution in [1.29, 1.82) is 0 Å². The monoisotopic (exact) mass is 176 g/mol. The molecule has 0 radical (unpaired) electrons. The molecule has 0 aromatic carbocycles. The second-order valence-corrected chi connectivity index (χ2v) is 4.54. The molecule has 0 aromatic heterocycles. The van der Waals surface area contributed by atoms with E-state index < -0.39 is 0 Å². The summed E-state index contributed by atoms with van der Waals surface area (Å²) >= 11 is 1.95. The molecular formula is C9H20OS. The molecule has 0 aliphatic heterocycles. The molecule has 0 saturated heterocycles. The summed E-state index contributed by atoms with van der Waals surface area (Å²) in [7, 11) is 0. The molecule has 0 heterocycles. The minimum atomic E-state index is -0.0903. The third-order valence-corrected chi connectivity index (χ3v) is 2.75. The Labute approximate surface area is 74.6 Å². The zero-order valence-electron chi connectivity index (χ0n) is 7.84. The van der Waals surface area contributed by atoms with Gasteiger partial charge in [0.25, 0.3) is 0 Å². The summed E-state index contributed by atoms with van der Waals surface area (Å²) in [4.78, 5) is 0. The van der Waals surface area contributed by atoms with Gasteiger partial charge in [0.05, 0.1) is 6.10 Å². The largest absolute Gasteiger partial charge is 0.393 e. The Balaban J connectivity index is 3.10. The lowest BCUT2D eigenvalue weighted by Gasteiger charge is -2.13. The first-order valence-electron chi connectivity index (χ1n) is 4.44. The summed E-state index contributed by atoms with van der Waals surface area (Å²) < 4.78 is 0. The summed E-state index contributed by atoms with van der Waals surface area (Å²) in [5.41, 5.74) is 0. The van der Waals surface area contributed by atoms with Gasteiger partial charge >= 0.3 is 0 Å². The van der Waals surface area contributed by atoms with Gasteiger partial charge in [0, 0.05) is 0 Å². The van der Waals surface area contributed by atoms with E-state index in [0.29, 0.717) is 5.92 Å². The van der Waals surface area contributed by atoms with Gasteiger partial charge < -0.3 is 5.11 Å². The number of rotatable bonds is 6.